The molecule has 4 nitrogen and oxygen atoms in total. The predicted octanol–water partition coefficient (Wildman–Crippen LogP) is 1.46. The molecule has 0 aliphatic carbocycles. The standard InChI is InChI=1S/C20H26N2O2/c1-22(15-18-10-12-19(24-2)13-11-18)16-20(23)21-14-6-9-17-7-4-3-5-8-17/h3-5,7-8,10-13H,6,9,14-16H2,1-2H3,(H,21,23)/p+1. The first-order valence-corrected chi connectivity index (χ1v) is 8.42. The van der Waals surface area contributed by atoms with Gasteiger partial charge >= 0.3 is 0 Å². The first kappa shape index (κ1) is 18.0. The van der Waals surface area contributed by atoms with Crippen LogP contribution in [-0.2, 0) is 17.8 Å². The van der Waals surface area contributed by atoms with Gasteiger partial charge in [-0.15, -0.1) is 0 Å². The van der Waals surface area contributed by atoms with E-state index in [0.717, 1.165) is 31.7 Å². The molecule has 0 aliphatic rings. The third-order valence-electron chi connectivity index (χ3n) is 3.93. The van der Waals surface area contributed by atoms with E-state index in [0.29, 0.717) is 6.54 Å². The minimum atomic E-state index is 0.106. The van der Waals surface area contributed by atoms with Gasteiger partial charge in [0.2, 0.25) is 0 Å². The van der Waals surface area contributed by atoms with Crippen LogP contribution in [-0.4, -0.2) is 33.2 Å². The minimum Gasteiger partial charge on any atom is -0.497 e. The highest BCUT2D eigenvalue weighted by Gasteiger charge is 2.10. The summed E-state index contributed by atoms with van der Waals surface area (Å²) in [6.07, 6.45) is 1.96. The van der Waals surface area contributed by atoms with E-state index in [2.05, 4.69) is 17.4 Å². The van der Waals surface area contributed by atoms with Crippen molar-refractivity contribution in [3.63, 3.8) is 0 Å². The van der Waals surface area contributed by atoms with E-state index in [4.69, 9.17) is 4.74 Å². The molecule has 2 N–H and O–H groups in total. The van der Waals surface area contributed by atoms with Gasteiger partial charge in [-0.25, -0.2) is 0 Å². The Kier molecular flexibility index (Phi) is 7.30. The fraction of sp³-hybridized carbons (Fsp3) is 0.350. The van der Waals surface area contributed by atoms with E-state index < -0.39 is 0 Å². The number of carbonyl (C=O) groups excluding carboxylic acids is 1. The first-order valence-electron chi connectivity index (χ1n) is 8.42. The van der Waals surface area contributed by atoms with Gasteiger partial charge in [-0.3, -0.25) is 4.79 Å². The minimum absolute atomic E-state index is 0.106. The predicted molar refractivity (Wildman–Crippen MR) is 96.2 cm³/mol. The number of amides is 1. The van der Waals surface area contributed by atoms with Crippen molar-refractivity contribution >= 4 is 5.91 Å². The maximum Gasteiger partial charge on any atom is 0.275 e. The van der Waals surface area contributed by atoms with Gasteiger partial charge in [0.15, 0.2) is 6.54 Å². The number of likely N-dealkylation sites (N-methyl/N-ethyl adjacent to an activating group) is 1. The highest BCUT2D eigenvalue weighted by Crippen LogP contribution is 2.10. The van der Waals surface area contributed by atoms with Crippen molar-refractivity contribution in [1.82, 2.24) is 5.32 Å². The lowest BCUT2D eigenvalue weighted by Crippen LogP contribution is -3.08. The van der Waals surface area contributed by atoms with E-state index in [9.17, 15) is 4.79 Å². The molecule has 1 amide bonds. The molecule has 4 heteroatoms. The molecule has 2 aromatic rings. The van der Waals surface area contributed by atoms with Crippen LogP contribution in [0.15, 0.2) is 54.6 Å². The Balaban J connectivity index is 1.64. The highest BCUT2D eigenvalue weighted by atomic mass is 16.5. The smallest absolute Gasteiger partial charge is 0.275 e. The van der Waals surface area contributed by atoms with Gasteiger partial charge in [0.05, 0.1) is 14.2 Å². The fourth-order valence-electron chi connectivity index (χ4n) is 2.66. The monoisotopic (exact) mass is 327 g/mol. The number of rotatable bonds is 9. The third-order valence-corrected chi connectivity index (χ3v) is 3.93. The van der Waals surface area contributed by atoms with Crippen LogP contribution in [0.1, 0.15) is 17.5 Å². The molecule has 1 unspecified atom stereocenters. The maximum absolute atomic E-state index is 12.0. The van der Waals surface area contributed by atoms with E-state index >= 15 is 0 Å². The van der Waals surface area contributed by atoms with Gasteiger partial charge in [0.25, 0.3) is 5.91 Å². The molecule has 2 rings (SSSR count). The Morgan fingerprint density at radius 1 is 1.04 bits per heavy atom. The van der Waals surface area contributed by atoms with Crippen LogP contribution < -0.4 is 15.0 Å². The summed E-state index contributed by atoms with van der Waals surface area (Å²) in [6.45, 7) is 2.03. The molecule has 0 radical (unpaired) electrons. The average Bonchev–Trinajstić information content (AvgIpc) is 2.60. The zero-order valence-electron chi connectivity index (χ0n) is 14.5. The lowest BCUT2D eigenvalue weighted by Gasteiger charge is -2.14. The molecule has 0 saturated heterocycles. The van der Waals surface area contributed by atoms with E-state index in [-0.39, 0.29) is 5.91 Å². The molecule has 0 spiro atoms. The van der Waals surface area contributed by atoms with Gasteiger partial charge in [-0.05, 0) is 42.7 Å². The summed E-state index contributed by atoms with van der Waals surface area (Å²) in [5, 5.41) is 3.01. The average molecular weight is 327 g/mol. The molecule has 128 valence electrons. The summed E-state index contributed by atoms with van der Waals surface area (Å²) < 4.78 is 5.15. The Morgan fingerprint density at radius 3 is 2.42 bits per heavy atom. The number of nitrogens with one attached hydrogen (secondary N) is 2. The zero-order valence-corrected chi connectivity index (χ0v) is 14.5. The number of hydrogen-bond donors (Lipinski definition) is 2. The second kappa shape index (κ2) is 9.73. The number of ether oxygens (including phenoxy) is 1. The number of quaternary nitrogens is 1. The van der Waals surface area contributed by atoms with Gasteiger partial charge < -0.3 is 15.0 Å². The second-order valence-corrected chi connectivity index (χ2v) is 6.10. The molecule has 1 atom stereocenters. The van der Waals surface area contributed by atoms with Crippen molar-refractivity contribution in [3.05, 3.63) is 65.7 Å². The normalized spacial score (nSPS) is 11.8. The molecule has 0 bridgehead atoms. The molecule has 24 heavy (non-hydrogen) atoms. The Bertz CT molecular complexity index is 611. The first-order chi connectivity index (χ1) is 11.7. The SMILES string of the molecule is COc1ccc(C[NH+](C)CC(=O)NCCCc2ccccc2)cc1. The third kappa shape index (κ3) is 6.42. The summed E-state index contributed by atoms with van der Waals surface area (Å²) in [4.78, 5) is 13.2. The van der Waals surface area contributed by atoms with Crippen molar-refractivity contribution in [1.29, 1.82) is 0 Å². The van der Waals surface area contributed by atoms with Crippen LogP contribution in [0, 0.1) is 0 Å². The Hall–Kier alpha value is -2.33. The van der Waals surface area contributed by atoms with E-state index in [1.807, 2.05) is 49.5 Å². The van der Waals surface area contributed by atoms with Crippen molar-refractivity contribution in [2.45, 2.75) is 19.4 Å². The lowest BCUT2D eigenvalue weighted by atomic mass is 10.1. The van der Waals surface area contributed by atoms with Crippen molar-refractivity contribution < 1.29 is 14.4 Å². The summed E-state index contributed by atoms with van der Waals surface area (Å²) in [5.74, 6) is 0.960. The van der Waals surface area contributed by atoms with E-state index in [1.165, 1.54) is 16.0 Å². The zero-order chi connectivity index (χ0) is 17.2. The maximum atomic E-state index is 12.0. The van der Waals surface area contributed by atoms with Crippen LogP contribution in [0.4, 0.5) is 0 Å². The lowest BCUT2D eigenvalue weighted by molar-refractivity contribution is -0.885. The van der Waals surface area contributed by atoms with E-state index in [1.54, 1.807) is 7.11 Å². The molecule has 2 aromatic carbocycles. The molecule has 0 fully saturated rings. The number of benzene rings is 2. The summed E-state index contributed by atoms with van der Waals surface area (Å²) in [7, 11) is 3.70. The Morgan fingerprint density at radius 2 is 1.75 bits per heavy atom. The number of carbonyl (C=O) groups is 1. The van der Waals surface area contributed by atoms with Crippen molar-refractivity contribution in [2.75, 3.05) is 27.2 Å². The molecule has 0 heterocycles. The van der Waals surface area contributed by atoms with Gasteiger partial charge in [0, 0.05) is 12.1 Å². The molecular weight excluding hydrogens is 300 g/mol. The molecule has 0 aliphatic heterocycles. The largest absolute Gasteiger partial charge is 0.497 e. The quantitative estimate of drug-likeness (QED) is 0.685. The van der Waals surface area contributed by atoms with Gasteiger partial charge in [-0.2, -0.15) is 0 Å². The molecular formula is C20H27N2O2+. The molecule has 0 aromatic heterocycles. The molecule has 0 saturated carbocycles. The Labute approximate surface area is 144 Å². The van der Waals surface area contributed by atoms with Crippen LogP contribution >= 0.6 is 0 Å². The van der Waals surface area contributed by atoms with Crippen molar-refractivity contribution in [3.8, 4) is 5.75 Å². The topological polar surface area (TPSA) is 42.8 Å². The van der Waals surface area contributed by atoms with Crippen molar-refractivity contribution in [2.24, 2.45) is 0 Å². The number of aryl methyl sites for hydroxylation is 1. The fourth-order valence-corrected chi connectivity index (χ4v) is 2.66. The highest BCUT2D eigenvalue weighted by molar-refractivity contribution is 5.76. The van der Waals surface area contributed by atoms with Gasteiger partial charge in [0.1, 0.15) is 12.3 Å². The second-order valence-electron chi connectivity index (χ2n) is 6.10. The van der Waals surface area contributed by atoms with Crippen LogP contribution in [0.5, 0.6) is 5.75 Å². The number of hydrogen-bond acceptors (Lipinski definition) is 2. The number of methoxy groups -OCH3 is 1. The van der Waals surface area contributed by atoms with Crippen LogP contribution in [0.2, 0.25) is 0 Å². The summed E-state index contributed by atoms with van der Waals surface area (Å²) in [6, 6.07) is 18.3. The van der Waals surface area contributed by atoms with Crippen LogP contribution in [0.3, 0.4) is 0 Å². The summed E-state index contributed by atoms with van der Waals surface area (Å²) >= 11 is 0. The van der Waals surface area contributed by atoms with Gasteiger partial charge in [-0.1, -0.05) is 30.3 Å². The summed E-state index contributed by atoms with van der Waals surface area (Å²) in [5.41, 5.74) is 2.51. The van der Waals surface area contributed by atoms with Crippen LogP contribution in [0.25, 0.3) is 0 Å².